The normalized spacial score (nSPS) is 12.1. The highest BCUT2D eigenvalue weighted by Crippen LogP contribution is 2.29. The van der Waals surface area contributed by atoms with E-state index in [1.165, 1.54) is 12.1 Å². The van der Waals surface area contributed by atoms with Crippen LogP contribution in [0.1, 0.15) is 45.1 Å². The Balaban J connectivity index is 2.56. The second kappa shape index (κ2) is 8.19. The lowest BCUT2D eigenvalue weighted by Gasteiger charge is -2.27. The van der Waals surface area contributed by atoms with E-state index in [-0.39, 0.29) is 12.2 Å². The summed E-state index contributed by atoms with van der Waals surface area (Å²) < 4.78 is 37.4. The number of alkyl halides is 3. The van der Waals surface area contributed by atoms with Crippen LogP contribution in [-0.4, -0.2) is 23.3 Å². The summed E-state index contributed by atoms with van der Waals surface area (Å²) in [6, 6.07) is 3.62. The molecule has 0 aliphatic rings. The Morgan fingerprint density at radius 2 is 1.61 bits per heavy atom. The molecule has 0 aromatic heterocycles. The van der Waals surface area contributed by atoms with Crippen LogP contribution in [0.25, 0.3) is 0 Å². The summed E-state index contributed by atoms with van der Waals surface area (Å²) in [5.74, 6) is 0. The molecule has 23 heavy (non-hydrogen) atoms. The number of urea groups is 1. The first-order chi connectivity index (χ1) is 10.7. The van der Waals surface area contributed by atoms with Gasteiger partial charge in [0.05, 0.1) is 11.2 Å². The number of benzene rings is 1. The second-order valence-electron chi connectivity index (χ2n) is 5.61. The molecule has 0 spiro atoms. The fourth-order valence-corrected chi connectivity index (χ4v) is 2.40. The molecule has 3 N–H and O–H groups in total. The van der Waals surface area contributed by atoms with Gasteiger partial charge in [0.25, 0.3) is 0 Å². The number of halogens is 3. The topological polar surface area (TPSA) is 61.4 Å². The van der Waals surface area contributed by atoms with Crippen molar-refractivity contribution in [3.8, 4) is 0 Å². The van der Waals surface area contributed by atoms with Crippen molar-refractivity contribution < 1.29 is 23.1 Å². The van der Waals surface area contributed by atoms with E-state index in [4.69, 9.17) is 0 Å². The van der Waals surface area contributed by atoms with Crippen LogP contribution in [0.4, 0.5) is 23.7 Å². The summed E-state index contributed by atoms with van der Waals surface area (Å²) in [5, 5.41) is 15.4. The molecule has 0 bridgehead atoms. The van der Waals surface area contributed by atoms with E-state index in [9.17, 15) is 23.1 Å². The molecule has 0 heterocycles. The predicted molar refractivity (Wildman–Crippen MR) is 83.2 cm³/mol. The van der Waals surface area contributed by atoms with Crippen LogP contribution in [0.3, 0.4) is 0 Å². The summed E-state index contributed by atoms with van der Waals surface area (Å²) in [6.45, 7) is 3.99. The van der Waals surface area contributed by atoms with Crippen molar-refractivity contribution in [3.05, 3.63) is 29.8 Å². The number of hydrogen-bond acceptors (Lipinski definition) is 2. The zero-order chi connectivity index (χ0) is 17.5. The molecule has 4 nitrogen and oxygen atoms in total. The highest BCUT2D eigenvalue weighted by Gasteiger charge is 2.30. The van der Waals surface area contributed by atoms with Crippen LogP contribution < -0.4 is 10.6 Å². The summed E-state index contributed by atoms with van der Waals surface area (Å²) in [7, 11) is 0. The zero-order valence-electron chi connectivity index (χ0n) is 13.3. The number of carbonyl (C=O) groups is 1. The fraction of sp³-hybridized carbons (Fsp3) is 0.562. The Labute approximate surface area is 134 Å². The van der Waals surface area contributed by atoms with Gasteiger partial charge < -0.3 is 15.7 Å². The number of carbonyl (C=O) groups excluding carboxylic acids is 1. The Hall–Kier alpha value is -1.76. The summed E-state index contributed by atoms with van der Waals surface area (Å²) in [5.41, 5.74) is -1.48. The smallest absolute Gasteiger partial charge is 0.388 e. The van der Waals surface area contributed by atoms with Gasteiger partial charge in [-0.15, -0.1) is 0 Å². The molecule has 0 saturated heterocycles. The van der Waals surface area contributed by atoms with Crippen molar-refractivity contribution in [1.82, 2.24) is 5.32 Å². The van der Waals surface area contributed by atoms with Gasteiger partial charge in [-0.25, -0.2) is 4.79 Å². The van der Waals surface area contributed by atoms with Gasteiger partial charge in [-0.3, -0.25) is 0 Å². The van der Waals surface area contributed by atoms with E-state index in [1.54, 1.807) is 0 Å². The number of rotatable bonds is 7. The molecule has 0 atom stereocenters. The Morgan fingerprint density at radius 1 is 1.09 bits per heavy atom. The lowest BCUT2D eigenvalue weighted by molar-refractivity contribution is -0.137. The molecule has 0 radical (unpaired) electrons. The van der Waals surface area contributed by atoms with E-state index in [0.29, 0.717) is 12.8 Å². The van der Waals surface area contributed by atoms with E-state index in [2.05, 4.69) is 10.6 Å². The first kappa shape index (κ1) is 19.3. The SMILES string of the molecule is CCCC(O)(CCC)CNC(=O)Nc1ccc(C(F)(F)F)cc1. The third kappa shape index (κ3) is 6.48. The van der Waals surface area contributed by atoms with Crippen molar-refractivity contribution in [2.75, 3.05) is 11.9 Å². The van der Waals surface area contributed by atoms with Gasteiger partial charge in [0.15, 0.2) is 0 Å². The van der Waals surface area contributed by atoms with Crippen LogP contribution in [0, 0.1) is 0 Å². The van der Waals surface area contributed by atoms with Gasteiger partial charge in [-0.1, -0.05) is 26.7 Å². The number of anilines is 1. The van der Waals surface area contributed by atoms with Crippen LogP contribution in [0.5, 0.6) is 0 Å². The van der Waals surface area contributed by atoms with E-state index >= 15 is 0 Å². The monoisotopic (exact) mass is 332 g/mol. The minimum Gasteiger partial charge on any atom is -0.388 e. The molecule has 0 aliphatic heterocycles. The molecule has 0 unspecified atom stereocenters. The summed E-state index contributed by atoms with van der Waals surface area (Å²) in [6.07, 6.45) is -1.68. The number of aliphatic hydroxyl groups is 1. The van der Waals surface area contributed by atoms with Crippen molar-refractivity contribution in [2.45, 2.75) is 51.3 Å². The lowest BCUT2D eigenvalue weighted by atomic mass is 9.93. The minimum absolute atomic E-state index is 0.0984. The van der Waals surface area contributed by atoms with Crippen molar-refractivity contribution >= 4 is 11.7 Å². The molecule has 130 valence electrons. The van der Waals surface area contributed by atoms with Gasteiger partial charge in [-0.2, -0.15) is 13.2 Å². The molecule has 1 rings (SSSR count). The van der Waals surface area contributed by atoms with E-state index in [1.807, 2.05) is 13.8 Å². The van der Waals surface area contributed by atoms with Crippen molar-refractivity contribution in [3.63, 3.8) is 0 Å². The average molecular weight is 332 g/mol. The lowest BCUT2D eigenvalue weighted by Crippen LogP contribution is -2.44. The number of nitrogens with one attached hydrogen (secondary N) is 2. The molecule has 7 heteroatoms. The predicted octanol–water partition coefficient (Wildman–Crippen LogP) is 4.16. The van der Waals surface area contributed by atoms with Crippen LogP contribution >= 0.6 is 0 Å². The largest absolute Gasteiger partial charge is 0.416 e. The van der Waals surface area contributed by atoms with E-state index < -0.39 is 23.4 Å². The quantitative estimate of drug-likeness (QED) is 0.702. The Kier molecular flexibility index (Phi) is 6.87. The van der Waals surface area contributed by atoms with Crippen LogP contribution in [0.2, 0.25) is 0 Å². The highest BCUT2D eigenvalue weighted by molar-refractivity contribution is 5.89. The van der Waals surface area contributed by atoms with Gasteiger partial charge in [0.1, 0.15) is 0 Å². The molecule has 0 fully saturated rings. The highest BCUT2D eigenvalue weighted by atomic mass is 19.4. The molecule has 1 aromatic rings. The third-order valence-corrected chi connectivity index (χ3v) is 3.48. The van der Waals surface area contributed by atoms with E-state index in [0.717, 1.165) is 25.0 Å². The minimum atomic E-state index is -4.41. The standard InChI is InChI=1S/C16H23F3N2O2/c1-3-9-15(23,10-4-2)11-20-14(22)21-13-7-5-12(6-8-13)16(17,18)19/h5-8,23H,3-4,9-11H2,1-2H3,(H2,20,21,22). The Morgan fingerprint density at radius 3 is 2.04 bits per heavy atom. The first-order valence-electron chi connectivity index (χ1n) is 7.64. The van der Waals surface area contributed by atoms with Gasteiger partial charge in [0.2, 0.25) is 0 Å². The average Bonchev–Trinajstić information content (AvgIpc) is 2.45. The third-order valence-electron chi connectivity index (χ3n) is 3.48. The van der Waals surface area contributed by atoms with Crippen molar-refractivity contribution in [2.24, 2.45) is 0 Å². The molecular formula is C16H23F3N2O2. The molecular weight excluding hydrogens is 309 g/mol. The molecule has 1 aromatic carbocycles. The second-order valence-corrected chi connectivity index (χ2v) is 5.61. The zero-order valence-corrected chi connectivity index (χ0v) is 13.3. The summed E-state index contributed by atoms with van der Waals surface area (Å²) in [4.78, 5) is 11.8. The van der Waals surface area contributed by atoms with Gasteiger partial charge in [0, 0.05) is 12.2 Å². The fourth-order valence-electron chi connectivity index (χ4n) is 2.40. The van der Waals surface area contributed by atoms with Gasteiger partial charge in [-0.05, 0) is 37.1 Å². The Bertz CT molecular complexity index is 495. The molecule has 2 amide bonds. The first-order valence-corrected chi connectivity index (χ1v) is 7.64. The molecule has 0 aliphatic carbocycles. The number of hydrogen-bond donors (Lipinski definition) is 3. The van der Waals surface area contributed by atoms with Crippen molar-refractivity contribution in [1.29, 1.82) is 0 Å². The van der Waals surface area contributed by atoms with Crippen LogP contribution in [0.15, 0.2) is 24.3 Å². The number of amides is 2. The maximum Gasteiger partial charge on any atom is 0.416 e. The van der Waals surface area contributed by atoms with Gasteiger partial charge >= 0.3 is 12.2 Å². The maximum absolute atomic E-state index is 12.5. The maximum atomic E-state index is 12.5. The summed E-state index contributed by atoms with van der Waals surface area (Å²) >= 11 is 0. The van der Waals surface area contributed by atoms with Crippen LogP contribution in [-0.2, 0) is 6.18 Å². The molecule has 0 saturated carbocycles.